The van der Waals surface area contributed by atoms with Crippen molar-refractivity contribution in [3.63, 3.8) is 0 Å². The monoisotopic (exact) mass is 613 g/mol. The molecule has 0 unspecified atom stereocenters. The maximum atomic E-state index is 13.9. The fourth-order valence-electron chi connectivity index (χ4n) is 4.22. The molecule has 0 atom stereocenters. The molecule has 5 rings (SSSR count). The van der Waals surface area contributed by atoms with Crippen LogP contribution in [0, 0.1) is 5.82 Å². The Morgan fingerprint density at radius 2 is 2.08 bits per heavy atom. The lowest BCUT2D eigenvalue weighted by atomic mass is 10.2. The number of carbonyl (C=O) groups is 1. The predicted molar refractivity (Wildman–Crippen MR) is 145 cm³/mol. The van der Waals surface area contributed by atoms with Crippen molar-refractivity contribution >= 4 is 33.9 Å². The summed E-state index contributed by atoms with van der Waals surface area (Å²) < 4.78 is 31.6. The summed E-state index contributed by atoms with van der Waals surface area (Å²) in [4.78, 5) is 15.5. The summed E-state index contributed by atoms with van der Waals surface area (Å²) >= 11 is 3.48. The van der Waals surface area contributed by atoms with E-state index in [0.717, 1.165) is 25.9 Å². The van der Waals surface area contributed by atoms with Gasteiger partial charge in [-0.3, -0.25) is 9.69 Å². The van der Waals surface area contributed by atoms with Gasteiger partial charge in [0.1, 0.15) is 29.6 Å². The molecule has 208 valence electrons. The van der Waals surface area contributed by atoms with Crippen molar-refractivity contribution in [3.8, 4) is 17.3 Å². The molecule has 0 aliphatic carbocycles. The molecule has 40 heavy (non-hydrogen) atoms. The van der Waals surface area contributed by atoms with Crippen LogP contribution in [0.15, 0.2) is 50.6 Å². The van der Waals surface area contributed by atoms with Crippen molar-refractivity contribution in [3.05, 3.63) is 69.2 Å². The summed E-state index contributed by atoms with van der Waals surface area (Å²) in [6.45, 7) is 2.26. The zero-order chi connectivity index (χ0) is 28.1. The molecule has 0 spiro atoms. The molecule has 0 bridgehead atoms. The third-order valence-corrected chi connectivity index (χ3v) is 6.88. The highest BCUT2D eigenvalue weighted by Gasteiger charge is 2.27. The van der Waals surface area contributed by atoms with Crippen LogP contribution in [0.3, 0.4) is 0 Å². The summed E-state index contributed by atoms with van der Waals surface area (Å²) in [5, 5.41) is 19.7. The normalized spacial score (nSPS) is 13.7. The summed E-state index contributed by atoms with van der Waals surface area (Å²) in [5.41, 5.74) is 9.85. The number of nitrogen functional groups attached to an aromatic ring is 1. The molecule has 3 N–H and O–H groups in total. The van der Waals surface area contributed by atoms with Gasteiger partial charge >= 0.3 is 0 Å². The molecule has 0 radical (unpaired) electrons. The number of hydrogen-bond acceptors (Lipinski definition) is 11. The van der Waals surface area contributed by atoms with Crippen LogP contribution in [0.5, 0.6) is 11.5 Å². The summed E-state index contributed by atoms with van der Waals surface area (Å²) in [5.74, 6) is -0.0634. The van der Waals surface area contributed by atoms with Gasteiger partial charge in [-0.2, -0.15) is 9.78 Å². The molecule has 2 aromatic heterocycles. The number of hydrogen-bond donors (Lipinski definition) is 2. The van der Waals surface area contributed by atoms with Crippen molar-refractivity contribution in [2.45, 2.75) is 26.0 Å². The number of halogens is 2. The van der Waals surface area contributed by atoms with Gasteiger partial charge in [0, 0.05) is 22.6 Å². The zero-order valence-electron chi connectivity index (χ0n) is 21.4. The molecule has 1 saturated heterocycles. The molecule has 0 saturated carbocycles. The Labute approximate surface area is 236 Å². The number of aromatic nitrogens is 5. The van der Waals surface area contributed by atoms with Crippen LogP contribution in [-0.2, 0) is 13.2 Å². The number of amides is 1. The lowest BCUT2D eigenvalue weighted by Gasteiger charge is -2.13. The molecule has 1 amide bonds. The quantitative estimate of drug-likeness (QED) is 0.201. The number of ether oxygens (including phenoxy) is 2. The molecule has 13 nitrogen and oxygen atoms in total. The minimum Gasteiger partial charge on any atom is -0.496 e. The molecule has 3 heterocycles. The standard InChI is InChI=1S/C25H25BrFN9O4/c1-38-21-11-16(39-14-15-6-2-3-7-19(15)27)10-18(26)17(21)12-29-31-25(37)22-20(13-35-8-4-5-9-35)30-34-36(22)24-23(28)32-40-33-24/h2-3,6-7,10-12H,4-5,8-9,13-14H2,1H3,(H2,28,32)(H,31,37)/b29-12+. The number of anilines is 1. The van der Waals surface area contributed by atoms with Gasteiger partial charge in [-0.1, -0.05) is 23.4 Å². The second-order valence-corrected chi connectivity index (χ2v) is 9.71. The first kappa shape index (κ1) is 27.2. The van der Waals surface area contributed by atoms with E-state index in [1.54, 1.807) is 30.3 Å². The molecular weight excluding hydrogens is 589 g/mol. The molecule has 4 aromatic rings. The topological polar surface area (TPSA) is 159 Å². The van der Waals surface area contributed by atoms with Gasteiger partial charge in [0.15, 0.2) is 5.69 Å². The van der Waals surface area contributed by atoms with Gasteiger partial charge in [0.25, 0.3) is 5.91 Å². The highest BCUT2D eigenvalue weighted by Crippen LogP contribution is 2.32. The highest BCUT2D eigenvalue weighted by atomic mass is 79.9. The molecule has 15 heteroatoms. The predicted octanol–water partition coefficient (Wildman–Crippen LogP) is 3.08. The Bertz CT molecular complexity index is 1530. The Balaban J connectivity index is 1.34. The van der Waals surface area contributed by atoms with E-state index in [0.29, 0.717) is 39.3 Å². The number of hydrazone groups is 1. The Kier molecular flexibility index (Phi) is 8.31. The number of rotatable bonds is 10. The van der Waals surface area contributed by atoms with Crippen LogP contribution < -0.4 is 20.6 Å². The molecule has 1 aliphatic rings. The number of likely N-dealkylation sites (tertiary alicyclic amines) is 1. The van der Waals surface area contributed by atoms with E-state index >= 15 is 0 Å². The Hall–Kier alpha value is -4.37. The maximum Gasteiger partial charge on any atom is 0.292 e. The van der Waals surface area contributed by atoms with E-state index in [1.807, 2.05) is 0 Å². The van der Waals surface area contributed by atoms with Crippen LogP contribution >= 0.6 is 15.9 Å². The van der Waals surface area contributed by atoms with Crippen LogP contribution in [-0.4, -0.2) is 62.5 Å². The number of nitrogens with zero attached hydrogens (tertiary/aromatic N) is 7. The van der Waals surface area contributed by atoms with Crippen LogP contribution in [0.1, 0.15) is 40.2 Å². The van der Waals surface area contributed by atoms with Gasteiger partial charge in [-0.25, -0.2) is 14.4 Å². The first-order valence-corrected chi connectivity index (χ1v) is 13.1. The number of methoxy groups -OCH3 is 1. The molecule has 2 aromatic carbocycles. The fraction of sp³-hybridized carbons (Fsp3) is 0.280. The molecular formula is C25H25BrFN9O4. The van der Waals surface area contributed by atoms with Crippen LogP contribution in [0.4, 0.5) is 10.2 Å². The van der Waals surface area contributed by atoms with Crippen molar-refractivity contribution in [2.24, 2.45) is 5.10 Å². The van der Waals surface area contributed by atoms with Crippen molar-refractivity contribution in [1.82, 2.24) is 35.6 Å². The minimum atomic E-state index is -0.585. The average molecular weight is 614 g/mol. The number of nitrogens with one attached hydrogen (secondary N) is 1. The first-order valence-electron chi connectivity index (χ1n) is 12.3. The summed E-state index contributed by atoms with van der Waals surface area (Å²) in [7, 11) is 1.49. The first-order chi connectivity index (χ1) is 19.4. The largest absolute Gasteiger partial charge is 0.496 e. The van der Waals surface area contributed by atoms with Gasteiger partial charge in [0.2, 0.25) is 11.6 Å². The third kappa shape index (κ3) is 5.94. The van der Waals surface area contributed by atoms with Gasteiger partial charge in [0.05, 0.1) is 18.9 Å². The Morgan fingerprint density at radius 3 is 2.80 bits per heavy atom. The molecule has 1 fully saturated rings. The summed E-state index contributed by atoms with van der Waals surface area (Å²) in [6, 6.07) is 9.71. The van der Waals surface area contributed by atoms with E-state index in [1.165, 1.54) is 24.1 Å². The molecule has 1 aliphatic heterocycles. The summed E-state index contributed by atoms with van der Waals surface area (Å²) in [6.07, 6.45) is 3.56. The smallest absolute Gasteiger partial charge is 0.292 e. The van der Waals surface area contributed by atoms with Crippen molar-refractivity contribution in [2.75, 3.05) is 25.9 Å². The fourth-order valence-corrected chi connectivity index (χ4v) is 4.74. The SMILES string of the molecule is COc1cc(OCc2ccccc2F)cc(Br)c1/C=N/NC(=O)c1c(CN2CCCC2)nnn1-c1nonc1N. The van der Waals surface area contributed by atoms with Gasteiger partial charge in [-0.15, -0.1) is 5.10 Å². The van der Waals surface area contributed by atoms with Crippen LogP contribution in [0.2, 0.25) is 0 Å². The Morgan fingerprint density at radius 1 is 1.27 bits per heavy atom. The van der Waals surface area contributed by atoms with Crippen LogP contribution in [0.25, 0.3) is 5.82 Å². The van der Waals surface area contributed by atoms with E-state index in [-0.39, 0.29) is 29.8 Å². The van der Waals surface area contributed by atoms with Crippen molar-refractivity contribution < 1.29 is 23.3 Å². The lowest BCUT2D eigenvalue weighted by molar-refractivity contribution is 0.0945. The van der Waals surface area contributed by atoms with E-state index in [4.69, 9.17) is 15.2 Å². The number of benzene rings is 2. The second-order valence-electron chi connectivity index (χ2n) is 8.85. The van der Waals surface area contributed by atoms with Gasteiger partial charge < -0.3 is 15.2 Å². The highest BCUT2D eigenvalue weighted by molar-refractivity contribution is 9.10. The minimum absolute atomic E-state index is 0.0405. The lowest BCUT2D eigenvalue weighted by Crippen LogP contribution is -2.26. The maximum absolute atomic E-state index is 13.9. The zero-order valence-corrected chi connectivity index (χ0v) is 23.0. The average Bonchev–Trinajstić information content (AvgIpc) is 3.71. The van der Waals surface area contributed by atoms with E-state index in [2.05, 4.69) is 56.6 Å². The third-order valence-electron chi connectivity index (χ3n) is 6.22. The van der Waals surface area contributed by atoms with E-state index in [9.17, 15) is 9.18 Å². The van der Waals surface area contributed by atoms with Gasteiger partial charge in [-0.05, 0) is 64.3 Å². The van der Waals surface area contributed by atoms with Crippen molar-refractivity contribution in [1.29, 1.82) is 0 Å². The van der Waals surface area contributed by atoms with E-state index < -0.39 is 5.91 Å². The number of nitrogens with two attached hydrogens (primary N) is 1. The number of carbonyl (C=O) groups excluding carboxylic acids is 1. The second kappa shape index (κ2) is 12.2.